The van der Waals surface area contributed by atoms with E-state index in [0.29, 0.717) is 5.02 Å². The maximum Gasteiger partial charge on any atom is 0.126 e. The Morgan fingerprint density at radius 1 is 1.10 bits per heavy atom. The van der Waals surface area contributed by atoms with E-state index in [2.05, 4.69) is 12.1 Å². The first-order chi connectivity index (χ1) is 10.2. The lowest BCUT2D eigenvalue weighted by molar-refractivity contribution is 0.161. The second-order valence-electron chi connectivity index (χ2n) is 5.60. The molecule has 0 radical (unpaired) electrons. The highest BCUT2D eigenvalue weighted by Crippen LogP contribution is 2.41. The van der Waals surface area contributed by atoms with Gasteiger partial charge in [-0.05, 0) is 41.5 Å². The third kappa shape index (κ3) is 2.27. The minimum Gasteiger partial charge on any atom is -0.493 e. The zero-order valence-corrected chi connectivity index (χ0v) is 12.3. The SMILES string of the molecule is N[C@@H]1CC(c2ccc3c(c2)CCO3)Oc2ccc(Cl)cc21. The van der Waals surface area contributed by atoms with E-state index in [1.165, 1.54) is 5.56 Å². The Labute approximate surface area is 128 Å². The fourth-order valence-electron chi connectivity index (χ4n) is 3.09. The lowest BCUT2D eigenvalue weighted by Gasteiger charge is -2.31. The molecule has 2 aromatic rings. The Kier molecular flexibility index (Phi) is 3.05. The third-order valence-electron chi connectivity index (χ3n) is 4.19. The van der Waals surface area contributed by atoms with Gasteiger partial charge in [0, 0.05) is 29.5 Å². The summed E-state index contributed by atoms with van der Waals surface area (Å²) < 4.78 is 11.7. The molecule has 3 nitrogen and oxygen atoms in total. The van der Waals surface area contributed by atoms with Gasteiger partial charge in [0.2, 0.25) is 0 Å². The monoisotopic (exact) mass is 301 g/mol. The van der Waals surface area contributed by atoms with E-state index in [1.54, 1.807) is 0 Å². The first-order valence-electron chi connectivity index (χ1n) is 7.18. The molecule has 4 rings (SSSR count). The minimum absolute atomic E-state index is 0.0143. The second-order valence-corrected chi connectivity index (χ2v) is 6.03. The average molecular weight is 302 g/mol. The molecule has 1 unspecified atom stereocenters. The molecule has 0 amide bonds. The van der Waals surface area contributed by atoms with Gasteiger partial charge in [0.25, 0.3) is 0 Å². The van der Waals surface area contributed by atoms with Gasteiger partial charge in [0.05, 0.1) is 6.61 Å². The van der Waals surface area contributed by atoms with Crippen LogP contribution in [-0.2, 0) is 6.42 Å². The van der Waals surface area contributed by atoms with Crippen LogP contribution in [0.5, 0.6) is 11.5 Å². The van der Waals surface area contributed by atoms with Crippen molar-refractivity contribution in [2.24, 2.45) is 5.73 Å². The van der Waals surface area contributed by atoms with Gasteiger partial charge in [-0.25, -0.2) is 0 Å². The molecule has 21 heavy (non-hydrogen) atoms. The van der Waals surface area contributed by atoms with E-state index in [1.807, 2.05) is 24.3 Å². The molecule has 2 aliphatic rings. The molecular weight excluding hydrogens is 286 g/mol. The minimum atomic E-state index is -0.0537. The summed E-state index contributed by atoms with van der Waals surface area (Å²) in [7, 11) is 0. The van der Waals surface area contributed by atoms with Crippen LogP contribution >= 0.6 is 11.6 Å². The van der Waals surface area contributed by atoms with Crippen molar-refractivity contribution in [1.29, 1.82) is 0 Å². The van der Waals surface area contributed by atoms with Crippen molar-refractivity contribution in [2.45, 2.75) is 25.0 Å². The number of hydrogen-bond acceptors (Lipinski definition) is 3. The zero-order valence-electron chi connectivity index (χ0n) is 11.5. The van der Waals surface area contributed by atoms with Gasteiger partial charge in [-0.2, -0.15) is 0 Å². The van der Waals surface area contributed by atoms with Crippen LogP contribution in [0.2, 0.25) is 5.02 Å². The van der Waals surface area contributed by atoms with Crippen LogP contribution in [-0.4, -0.2) is 6.61 Å². The zero-order chi connectivity index (χ0) is 14.4. The first kappa shape index (κ1) is 13.0. The molecule has 2 heterocycles. The van der Waals surface area contributed by atoms with E-state index >= 15 is 0 Å². The molecule has 2 atom stereocenters. The number of hydrogen-bond donors (Lipinski definition) is 1. The summed E-state index contributed by atoms with van der Waals surface area (Å²) in [6.45, 7) is 0.769. The van der Waals surface area contributed by atoms with Gasteiger partial charge in [0.15, 0.2) is 0 Å². The van der Waals surface area contributed by atoms with Crippen molar-refractivity contribution in [2.75, 3.05) is 6.61 Å². The molecule has 2 aliphatic heterocycles. The van der Waals surface area contributed by atoms with Gasteiger partial charge in [-0.1, -0.05) is 17.7 Å². The Morgan fingerprint density at radius 3 is 2.86 bits per heavy atom. The predicted octanol–water partition coefficient (Wildman–Crippen LogP) is 3.80. The van der Waals surface area contributed by atoms with E-state index in [9.17, 15) is 0 Å². The van der Waals surface area contributed by atoms with Crippen molar-refractivity contribution in [3.8, 4) is 11.5 Å². The Hall–Kier alpha value is -1.71. The normalized spacial score (nSPS) is 23.0. The van der Waals surface area contributed by atoms with Crippen LogP contribution in [0, 0.1) is 0 Å². The molecule has 0 saturated heterocycles. The molecule has 0 saturated carbocycles. The Bertz CT molecular complexity index is 701. The largest absolute Gasteiger partial charge is 0.493 e. The summed E-state index contributed by atoms with van der Waals surface area (Å²) in [6, 6.07) is 11.9. The maximum absolute atomic E-state index is 6.29. The predicted molar refractivity (Wildman–Crippen MR) is 82.0 cm³/mol. The molecular formula is C17H16ClNO2. The van der Waals surface area contributed by atoms with Gasteiger partial charge in [-0.15, -0.1) is 0 Å². The number of ether oxygens (including phenoxy) is 2. The molecule has 2 N–H and O–H groups in total. The fourth-order valence-corrected chi connectivity index (χ4v) is 3.27. The van der Waals surface area contributed by atoms with Crippen LogP contribution in [0.25, 0.3) is 0 Å². The summed E-state index contributed by atoms with van der Waals surface area (Å²) in [4.78, 5) is 0. The van der Waals surface area contributed by atoms with Crippen LogP contribution in [0.4, 0.5) is 0 Å². The highest BCUT2D eigenvalue weighted by molar-refractivity contribution is 6.30. The molecule has 4 heteroatoms. The van der Waals surface area contributed by atoms with Gasteiger partial charge in [0.1, 0.15) is 17.6 Å². The third-order valence-corrected chi connectivity index (χ3v) is 4.43. The number of halogens is 1. The summed E-state index contributed by atoms with van der Waals surface area (Å²) in [5.41, 5.74) is 9.70. The topological polar surface area (TPSA) is 44.5 Å². The van der Waals surface area contributed by atoms with Crippen molar-refractivity contribution in [3.05, 3.63) is 58.1 Å². The molecule has 0 aromatic heterocycles. The Balaban J connectivity index is 1.67. The van der Waals surface area contributed by atoms with Crippen molar-refractivity contribution >= 4 is 11.6 Å². The Morgan fingerprint density at radius 2 is 1.95 bits per heavy atom. The van der Waals surface area contributed by atoms with E-state index in [4.69, 9.17) is 26.8 Å². The van der Waals surface area contributed by atoms with Crippen LogP contribution in [0.15, 0.2) is 36.4 Å². The lowest BCUT2D eigenvalue weighted by atomic mass is 9.92. The van der Waals surface area contributed by atoms with E-state index in [-0.39, 0.29) is 12.1 Å². The van der Waals surface area contributed by atoms with E-state index in [0.717, 1.165) is 42.1 Å². The van der Waals surface area contributed by atoms with Crippen molar-refractivity contribution in [3.63, 3.8) is 0 Å². The number of fused-ring (bicyclic) bond motifs is 2. The quantitative estimate of drug-likeness (QED) is 0.871. The second kappa shape index (κ2) is 4.93. The fraction of sp³-hybridized carbons (Fsp3) is 0.294. The van der Waals surface area contributed by atoms with Crippen LogP contribution in [0.3, 0.4) is 0 Å². The highest BCUT2D eigenvalue weighted by atomic mass is 35.5. The van der Waals surface area contributed by atoms with Crippen LogP contribution in [0.1, 0.15) is 35.3 Å². The summed E-state index contributed by atoms with van der Waals surface area (Å²) >= 11 is 6.03. The standard InChI is InChI=1S/C17H16ClNO2/c18-12-2-4-16-13(8-12)14(19)9-17(21-16)10-1-3-15-11(7-10)5-6-20-15/h1-4,7-8,14,17H,5-6,9,19H2/t14-,17?/m1/s1. The van der Waals surface area contributed by atoms with Crippen LogP contribution < -0.4 is 15.2 Å². The van der Waals surface area contributed by atoms with Gasteiger partial charge in [-0.3, -0.25) is 0 Å². The van der Waals surface area contributed by atoms with Crippen molar-refractivity contribution < 1.29 is 9.47 Å². The molecule has 0 aliphatic carbocycles. The first-order valence-corrected chi connectivity index (χ1v) is 7.56. The number of rotatable bonds is 1. The number of nitrogens with two attached hydrogens (primary N) is 1. The molecule has 0 fully saturated rings. The van der Waals surface area contributed by atoms with E-state index < -0.39 is 0 Å². The molecule has 108 valence electrons. The summed E-state index contributed by atoms with van der Waals surface area (Å²) in [5.74, 6) is 1.82. The van der Waals surface area contributed by atoms with Gasteiger partial charge < -0.3 is 15.2 Å². The van der Waals surface area contributed by atoms with Gasteiger partial charge >= 0.3 is 0 Å². The van der Waals surface area contributed by atoms with Crippen molar-refractivity contribution in [1.82, 2.24) is 0 Å². The summed E-state index contributed by atoms with van der Waals surface area (Å²) in [5, 5.41) is 0.695. The molecule has 0 bridgehead atoms. The maximum atomic E-state index is 6.29. The smallest absolute Gasteiger partial charge is 0.126 e. The average Bonchev–Trinajstić information content (AvgIpc) is 2.95. The molecule has 2 aromatic carbocycles. The number of benzene rings is 2. The lowest BCUT2D eigenvalue weighted by Crippen LogP contribution is -2.24. The highest BCUT2D eigenvalue weighted by Gasteiger charge is 2.28. The summed E-state index contributed by atoms with van der Waals surface area (Å²) in [6.07, 6.45) is 1.71. The molecule has 0 spiro atoms.